The molecule has 0 heterocycles. The van der Waals surface area contributed by atoms with Crippen LogP contribution >= 0.6 is 0 Å². The summed E-state index contributed by atoms with van der Waals surface area (Å²) in [5.41, 5.74) is -0.262. The number of aliphatic hydroxyl groups excluding tert-OH is 1. The van der Waals surface area contributed by atoms with Gasteiger partial charge in [0, 0.05) is 6.61 Å². The molecule has 6 heteroatoms. The zero-order valence-electron chi connectivity index (χ0n) is 9.54. The molecule has 98 valence electrons. The Hall–Kier alpha value is -1.58. The SMILES string of the molecule is N#CC(NCCCO)c1ccc(C(F)(F)F)cc1. The summed E-state index contributed by atoms with van der Waals surface area (Å²) in [7, 11) is 0. The Morgan fingerprint density at radius 1 is 1.28 bits per heavy atom. The molecule has 0 saturated carbocycles. The van der Waals surface area contributed by atoms with Gasteiger partial charge in [0.2, 0.25) is 0 Å². The number of nitrogens with one attached hydrogen (secondary N) is 1. The van der Waals surface area contributed by atoms with Crippen molar-refractivity contribution in [1.82, 2.24) is 5.32 Å². The average molecular weight is 258 g/mol. The summed E-state index contributed by atoms with van der Waals surface area (Å²) in [6, 6.07) is 5.76. The summed E-state index contributed by atoms with van der Waals surface area (Å²) in [5, 5.41) is 20.4. The molecule has 1 aromatic carbocycles. The van der Waals surface area contributed by atoms with E-state index < -0.39 is 17.8 Å². The first kappa shape index (κ1) is 14.5. The quantitative estimate of drug-likeness (QED) is 0.796. The number of hydrogen-bond acceptors (Lipinski definition) is 3. The summed E-state index contributed by atoms with van der Waals surface area (Å²) >= 11 is 0. The van der Waals surface area contributed by atoms with Gasteiger partial charge in [-0.05, 0) is 30.7 Å². The smallest absolute Gasteiger partial charge is 0.396 e. The maximum absolute atomic E-state index is 12.3. The summed E-state index contributed by atoms with van der Waals surface area (Å²) in [4.78, 5) is 0. The maximum atomic E-state index is 12.3. The first-order valence-corrected chi connectivity index (χ1v) is 5.40. The van der Waals surface area contributed by atoms with Crippen molar-refractivity contribution >= 4 is 0 Å². The molecule has 0 radical (unpaired) electrons. The van der Waals surface area contributed by atoms with Crippen LogP contribution in [0.1, 0.15) is 23.6 Å². The predicted octanol–water partition coefficient (Wildman–Crippen LogP) is 2.24. The second kappa shape index (κ2) is 6.38. The van der Waals surface area contributed by atoms with Gasteiger partial charge in [-0.2, -0.15) is 18.4 Å². The Morgan fingerprint density at radius 3 is 2.33 bits per heavy atom. The molecule has 1 rings (SSSR count). The topological polar surface area (TPSA) is 56.0 Å². The van der Waals surface area contributed by atoms with Crippen molar-refractivity contribution in [3.05, 3.63) is 35.4 Å². The molecule has 1 atom stereocenters. The third kappa shape index (κ3) is 4.02. The van der Waals surface area contributed by atoms with Crippen LogP contribution in [0.2, 0.25) is 0 Å². The highest BCUT2D eigenvalue weighted by Gasteiger charge is 2.30. The number of aliphatic hydroxyl groups is 1. The molecule has 0 fully saturated rings. The lowest BCUT2D eigenvalue weighted by Crippen LogP contribution is -2.22. The number of alkyl halides is 3. The van der Waals surface area contributed by atoms with E-state index in [9.17, 15) is 13.2 Å². The minimum atomic E-state index is -4.37. The van der Waals surface area contributed by atoms with Gasteiger partial charge in [0.15, 0.2) is 0 Å². The van der Waals surface area contributed by atoms with E-state index in [1.165, 1.54) is 12.1 Å². The van der Waals surface area contributed by atoms with Crippen LogP contribution in [0.15, 0.2) is 24.3 Å². The third-order valence-electron chi connectivity index (χ3n) is 2.38. The van der Waals surface area contributed by atoms with Crippen LogP contribution in [0.5, 0.6) is 0 Å². The molecule has 0 bridgehead atoms. The Bertz CT molecular complexity index is 409. The molecule has 2 N–H and O–H groups in total. The van der Waals surface area contributed by atoms with E-state index in [-0.39, 0.29) is 6.61 Å². The number of nitriles is 1. The van der Waals surface area contributed by atoms with Crippen molar-refractivity contribution in [1.29, 1.82) is 5.26 Å². The van der Waals surface area contributed by atoms with Crippen LogP contribution in [-0.4, -0.2) is 18.3 Å². The maximum Gasteiger partial charge on any atom is 0.416 e. The lowest BCUT2D eigenvalue weighted by atomic mass is 10.1. The molecule has 1 unspecified atom stereocenters. The van der Waals surface area contributed by atoms with E-state index in [1.54, 1.807) is 0 Å². The van der Waals surface area contributed by atoms with Gasteiger partial charge in [-0.25, -0.2) is 0 Å². The molecule has 18 heavy (non-hydrogen) atoms. The van der Waals surface area contributed by atoms with Crippen LogP contribution in [0.3, 0.4) is 0 Å². The summed E-state index contributed by atoms with van der Waals surface area (Å²) in [6.07, 6.45) is -3.89. The zero-order valence-corrected chi connectivity index (χ0v) is 9.54. The van der Waals surface area contributed by atoms with Gasteiger partial charge in [0.25, 0.3) is 0 Å². The standard InChI is InChI=1S/C12H13F3N2O/c13-12(14,15)10-4-2-9(3-5-10)11(8-16)17-6-1-7-18/h2-5,11,17-18H,1,6-7H2. The van der Waals surface area contributed by atoms with Gasteiger partial charge in [0.05, 0.1) is 11.6 Å². The van der Waals surface area contributed by atoms with Gasteiger partial charge in [-0.15, -0.1) is 0 Å². The highest BCUT2D eigenvalue weighted by molar-refractivity contribution is 5.29. The zero-order chi connectivity index (χ0) is 13.6. The van der Waals surface area contributed by atoms with E-state index in [4.69, 9.17) is 10.4 Å². The fourth-order valence-corrected chi connectivity index (χ4v) is 1.43. The van der Waals surface area contributed by atoms with Crippen molar-refractivity contribution in [3.8, 4) is 6.07 Å². The molecule has 0 saturated heterocycles. The Balaban J connectivity index is 2.74. The lowest BCUT2D eigenvalue weighted by Gasteiger charge is -2.12. The Labute approximate surface area is 103 Å². The van der Waals surface area contributed by atoms with Crippen molar-refractivity contribution in [2.75, 3.05) is 13.2 Å². The third-order valence-corrected chi connectivity index (χ3v) is 2.38. The lowest BCUT2D eigenvalue weighted by molar-refractivity contribution is -0.137. The van der Waals surface area contributed by atoms with Crippen LogP contribution in [0.25, 0.3) is 0 Å². The average Bonchev–Trinajstić information content (AvgIpc) is 2.34. The van der Waals surface area contributed by atoms with E-state index >= 15 is 0 Å². The Kier molecular flexibility index (Phi) is 5.13. The molecule has 0 spiro atoms. The van der Waals surface area contributed by atoms with Crippen molar-refractivity contribution in [2.24, 2.45) is 0 Å². The molecule has 0 aromatic heterocycles. The molecule has 0 aliphatic carbocycles. The normalized spacial score (nSPS) is 13.1. The molecule has 0 aliphatic rings. The van der Waals surface area contributed by atoms with Gasteiger partial charge >= 0.3 is 6.18 Å². The molecular weight excluding hydrogens is 245 g/mol. The highest BCUT2D eigenvalue weighted by Crippen LogP contribution is 2.29. The first-order chi connectivity index (χ1) is 8.49. The van der Waals surface area contributed by atoms with Crippen molar-refractivity contribution in [3.63, 3.8) is 0 Å². The number of benzene rings is 1. The predicted molar refractivity (Wildman–Crippen MR) is 59.5 cm³/mol. The summed E-state index contributed by atoms with van der Waals surface area (Å²) < 4.78 is 37.0. The number of hydrogen-bond donors (Lipinski definition) is 2. The van der Waals surface area contributed by atoms with Gasteiger partial charge < -0.3 is 5.11 Å². The summed E-state index contributed by atoms with van der Waals surface area (Å²) in [6.45, 7) is 0.425. The number of rotatable bonds is 5. The molecule has 3 nitrogen and oxygen atoms in total. The molecular formula is C12H13F3N2O. The second-order valence-corrected chi connectivity index (χ2v) is 3.71. The van der Waals surface area contributed by atoms with Crippen LogP contribution in [-0.2, 0) is 6.18 Å². The van der Waals surface area contributed by atoms with Gasteiger partial charge in [0.1, 0.15) is 6.04 Å². The van der Waals surface area contributed by atoms with Crippen LogP contribution in [0.4, 0.5) is 13.2 Å². The van der Waals surface area contributed by atoms with Crippen molar-refractivity contribution in [2.45, 2.75) is 18.6 Å². The molecule has 0 aliphatic heterocycles. The minimum Gasteiger partial charge on any atom is -0.396 e. The number of halogens is 3. The Morgan fingerprint density at radius 2 is 1.89 bits per heavy atom. The highest BCUT2D eigenvalue weighted by atomic mass is 19.4. The van der Waals surface area contributed by atoms with E-state index in [0.29, 0.717) is 18.5 Å². The first-order valence-electron chi connectivity index (χ1n) is 5.40. The van der Waals surface area contributed by atoms with E-state index in [0.717, 1.165) is 12.1 Å². The second-order valence-electron chi connectivity index (χ2n) is 3.71. The number of nitrogens with zero attached hydrogens (tertiary/aromatic N) is 1. The van der Waals surface area contributed by atoms with E-state index in [1.807, 2.05) is 6.07 Å². The fraction of sp³-hybridized carbons (Fsp3) is 0.417. The van der Waals surface area contributed by atoms with Crippen LogP contribution < -0.4 is 5.32 Å². The molecule has 0 amide bonds. The van der Waals surface area contributed by atoms with Crippen molar-refractivity contribution < 1.29 is 18.3 Å². The van der Waals surface area contributed by atoms with Gasteiger partial charge in [-0.3, -0.25) is 5.32 Å². The largest absolute Gasteiger partial charge is 0.416 e. The monoisotopic (exact) mass is 258 g/mol. The molecule has 1 aromatic rings. The summed E-state index contributed by atoms with van der Waals surface area (Å²) in [5.74, 6) is 0. The van der Waals surface area contributed by atoms with Gasteiger partial charge in [-0.1, -0.05) is 12.1 Å². The minimum absolute atomic E-state index is 0.00183. The van der Waals surface area contributed by atoms with Crippen LogP contribution in [0, 0.1) is 11.3 Å². The fourth-order valence-electron chi connectivity index (χ4n) is 1.43. The van der Waals surface area contributed by atoms with E-state index in [2.05, 4.69) is 5.32 Å².